The summed E-state index contributed by atoms with van der Waals surface area (Å²) in [6, 6.07) is 18.3. The molecule has 2 aromatic rings. The van der Waals surface area contributed by atoms with Crippen LogP contribution in [0.2, 0.25) is 0 Å². The SMILES string of the molecule is C[C@@H]1C[N@@+]2(Cc3cc(C(C)(C)C)cc(C(C)(C)C)c3)C[C@@](C)(OCc3ccccc3)[C@H]3CC[C@@H]1[C@]32C.[Br-]. The molecule has 1 aliphatic carbocycles. The minimum atomic E-state index is -0.0754. The van der Waals surface area contributed by atoms with Gasteiger partial charge in [0.1, 0.15) is 24.2 Å². The summed E-state index contributed by atoms with van der Waals surface area (Å²) in [5.41, 5.74) is 6.28. The number of rotatable bonds is 5. The van der Waals surface area contributed by atoms with Crippen LogP contribution in [-0.2, 0) is 28.7 Å². The first-order valence-corrected chi connectivity index (χ1v) is 14.4. The molecule has 2 nitrogen and oxygen atoms in total. The van der Waals surface area contributed by atoms with Crippen molar-refractivity contribution in [2.24, 2.45) is 17.8 Å². The first-order valence-electron chi connectivity index (χ1n) is 14.4. The Morgan fingerprint density at radius 3 is 2.03 bits per heavy atom. The van der Waals surface area contributed by atoms with E-state index in [1.165, 1.54) is 46.1 Å². The summed E-state index contributed by atoms with van der Waals surface area (Å²) in [6.45, 7) is 26.0. The lowest BCUT2D eigenvalue weighted by atomic mass is 9.76. The minimum absolute atomic E-state index is 0. The molecule has 0 aromatic heterocycles. The second-order valence-corrected chi connectivity index (χ2v) is 15.1. The zero-order valence-electron chi connectivity index (χ0n) is 24.8. The van der Waals surface area contributed by atoms with Gasteiger partial charge in [0.2, 0.25) is 0 Å². The quantitative estimate of drug-likeness (QED) is 0.460. The van der Waals surface area contributed by atoms with Crippen LogP contribution in [0.15, 0.2) is 48.5 Å². The third-order valence-corrected chi connectivity index (χ3v) is 10.5. The van der Waals surface area contributed by atoms with Crippen molar-refractivity contribution in [1.82, 2.24) is 0 Å². The van der Waals surface area contributed by atoms with E-state index in [1.807, 2.05) is 0 Å². The van der Waals surface area contributed by atoms with E-state index in [1.54, 1.807) is 0 Å². The smallest absolute Gasteiger partial charge is 0.123 e. The molecular weight excluding hydrogens is 518 g/mol. The maximum Gasteiger partial charge on any atom is 0.123 e. The summed E-state index contributed by atoms with van der Waals surface area (Å²) in [6.07, 6.45) is 2.67. The van der Waals surface area contributed by atoms with Crippen LogP contribution in [0.3, 0.4) is 0 Å². The van der Waals surface area contributed by atoms with Crippen LogP contribution in [-0.4, -0.2) is 28.7 Å². The van der Waals surface area contributed by atoms with E-state index in [-0.39, 0.29) is 33.4 Å². The molecule has 0 unspecified atom stereocenters. The van der Waals surface area contributed by atoms with E-state index in [4.69, 9.17) is 4.74 Å². The van der Waals surface area contributed by atoms with Crippen molar-refractivity contribution < 1.29 is 26.2 Å². The van der Waals surface area contributed by atoms with Crippen molar-refractivity contribution in [1.29, 1.82) is 0 Å². The van der Waals surface area contributed by atoms with E-state index >= 15 is 0 Å². The van der Waals surface area contributed by atoms with Crippen molar-refractivity contribution >= 4 is 0 Å². The Kier molecular flexibility index (Phi) is 7.40. The summed E-state index contributed by atoms with van der Waals surface area (Å²) >= 11 is 0. The Hall–Kier alpha value is -1.16. The van der Waals surface area contributed by atoms with Gasteiger partial charge in [-0.25, -0.2) is 0 Å². The Labute approximate surface area is 237 Å². The highest BCUT2D eigenvalue weighted by molar-refractivity contribution is 5.37. The van der Waals surface area contributed by atoms with Crippen LogP contribution >= 0.6 is 0 Å². The van der Waals surface area contributed by atoms with Gasteiger partial charge in [0, 0.05) is 23.3 Å². The van der Waals surface area contributed by atoms with Crippen molar-refractivity contribution in [3.05, 3.63) is 70.8 Å². The van der Waals surface area contributed by atoms with Crippen LogP contribution in [0, 0.1) is 17.8 Å². The first kappa shape index (κ1) is 28.8. The molecule has 204 valence electrons. The largest absolute Gasteiger partial charge is 1.00 e. The molecule has 37 heavy (non-hydrogen) atoms. The zero-order chi connectivity index (χ0) is 26.1. The molecule has 0 bridgehead atoms. The van der Waals surface area contributed by atoms with Gasteiger partial charge < -0.3 is 26.2 Å². The molecule has 2 saturated heterocycles. The van der Waals surface area contributed by atoms with Gasteiger partial charge in [-0.3, -0.25) is 0 Å². The lowest BCUT2D eigenvalue weighted by molar-refractivity contribution is -0.967. The topological polar surface area (TPSA) is 9.23 Å². The monoisotopic (exact) mass is 567 g/mol. The van der Waals surface area contributed by atoms with Crippen LogP contribution in [0.25, 0.3) is 0 Å². The van der Waals surface area contributed by atoms with Crippen LogP contribution in [0.5, 0.6) is 0 Å². The average Bonchev–Trinajstić information content (AvgIpc) is 3.31. The standard InChI is InChI=1S/C34H50NO.BrH/c1-24-20-35(21-26-17-27(31(2,3)4)19-28(18-26)32(5,6)7)23-33(8,30-16-15-29(24)34(30,35)9)36-22-25-13-11-10-12-14-25;/h10-14,17-19,24,29-30H,15-16,20-23H2,1-9H3;1H/q+1;/p-1/t24-,29+,30-,33-,34-,35-;/m1./s1. The Morgan fingerprint density at radius 2 is 1.46 bits per heavy atom. The third-order valence-electron chi connectivity index (χ3n) is 10.5. The number of quaternary nitrogens is 1. The molecule has 0 amide bonds. The molecule has 3 heteroatoms. The van der Waals surface area contributed by atoms with E-state index in [0.29, 0.717) is 11.5 Å². The third kappa shape index (κ3) is 4.76. The van der Waals surface area contributed by atoms with Gasteiger partial charge in [0.25, 0.3) is 0 Å². The highest BCUT2D eigenvalue weighted by Gasteiger charge is 2.76. The number of nitrogens with zero attached hydrogens (tertiary/aromatic N) is 1. The molecule has 6 atom stereocenters. The zero-order valence-corrected chi connectivity index (χ0v) is 26.4. The number of hydrogen-bond acceptors (Lipinski definition) is 1. The number of halogens is 1. The van der Waals surface area contributed by atoms with Crippen molar-refractivity contribution in [3.8, 4) is 0 Å². The van der Waals surface area contributed by atoms with Gasteiger partial charge in [-0.1, -0.05) is 84.9 Å². The van der Waals surface area contributed by atoms with Crippen LogP contribution in [0.1, 0.15) is 97.4 Å². The van der Waals surface area contributed by atoms with Crippen molar-refractivity contribution in [2.45, 2.75) is 110 Å². The molecular formula is C34H50BrNO. The fourth-order valence-corrected chi connectivity index (χ4v) is 8.73. The van der Waals surface area contributed by atoms with Crippen LogP contribution < -0.4 is 17.0 Å². The number of hydrogen-bond donors (Lipinski definition) is 0. The second kappa shape index (κ2) is 9.49. The summed E-state index contributed by atoms with van der Waals surface area (Å²) in [7, 11) is 0. The molecule has 0 radical (unpaired) electrons. The maximum atomic E-state index is 6.95. The molecule has 5 rings (SSSR count). The Balaban J connectivity index is 0.00000320. The first-order chi connectivity index (χ1) is 16.7. The van der Waals surface area contributed by atoms with E-state index < -0.39 is 0 Å². The van der Waals surface area contributed by atoms with E-state index in [9.17, 15) is 0 Å². The van der Waals surface area contributed by atoms with Gasteiger partial charge in [0.15, 0.2) is 0 Å². The summed E-state index contributed by atoms with van der Waals surface area (Å²) < 4.78 is 8.15. The minimum Gasteiger partial charge on any atom is -1.00 e. The maximum absolute atomic E-state index is 6.95. The number of ether oxygens (including phenoxy) is 1. The molecule has 2 aliphatic heterocycles. The highest BCUT2D eigenvalue weighted by Crippen LogP contribution is 2.65. The summed E-state index contributed by atoms with van der Waals surface area (Å²) in [5.74, 6) is 2.21. The predicted octanol–water partition coefficient (Wildman–Crippen LogP) is 5.03. The van der Waals surface area contributed by atoms with E-state index in [0.717, 1.165) is 31.5 Å². The summed E-state index contributed by atoms with van der Waals surface area (Å²) in [5, 5.41) is 0. The van der Waals surface area contributed by atoms with Gasteiger partial charge in [-0.05, 0) is 66.3 Å². The lowest BCUT2D eigenvalue weighted by Crippen LogP contribution is -3.00. The molecule has 3 aliphatic rings. The van der Waals surface area contributed by atoms with Crippen molar-refractivity contribution in [3.63, 3.8) is 0 Å². The molecule has 0 N–H and O–H groups in total. The fourth-order valence-electron chi connectivity index (χ4n) is 8.73. The van der Waals surface area contributed by atoms with Gasteiger partial charge in [-0.15, -0.1) is 0 Å². The van der Waals surface area contributed by atoms with Gasteiger partial charge in [0.05, 0.1) is 13.2 Å². The molecule has 3 fully saturated rings. The van der Waals surface area contributed by atoms with Crippen molar-refractivity contribution in [2.75, 3.05) is 13.1 Å². The lowest BCUT2D eigenvalue weighted by Gasteiger charge is -2.44. The highest BCUT2D eigenvalue weighted by atomic mass is 79.9. The second-order valence-electron chi connectivity index (χ2n) is 15.1. The predicted molar refractivity (Wildman–Crippen MR) is 151 cm³/mol. The van der Waals surface area contributed by atoms with Gasteiger partial charge in [-0.2, -0.15) is 0 Å². The Bertz CT molecular complexity index is 1080. The van der Waals surface area contributed by atoms with E-state index in [2.05, 4.69) is 111 Å². The normalized spacial score (nSPS) is 34.9. The molecule has 2 aromatic carbocycles. The molecule has 1 saturated carbocycles. The number of benzene rings is 2. The van der Waals surface area contributed by atoms with Crippen LogP contribution in [0.4, 0.5) is 0 Å². The molecule has 0 spiro atoms. The Morgan fingerprint density at radius 1 is 0.865 bits per heavy atom. The van der Waals surface area contributed by atoms with Gasteiger partial charge >= 0.3 is 0 Å². The summed E-state index contributed by atoms with van der Waals surface area (Å²) in [4.78, 5) is 0. The fraction of sp³-hybridized carbons (Fsp3) is 0.647. The molecule has 2 heterocycles. The average molecular weight is 569 g/mol.